The van der Waals surface area contributed by atoms with Gasteiger partial charge in [-0.2, -0.15) is 0 Å². The third-order valence-corrected chi connectivity index (χ3v) is 3.57. The normalized spacial score (nSPS) is 10.5. The molecule has 0 spiro atoms. The second-order valence-electron chi connectivity index (χ2n) is 5.00. The lowest BCUT2D eigenvalue weighted by Gasteiger charge is -2.10. The molecule has 1 aromatic rings. The number of unbranched alkanes of at least 4 members (excludes halogenated alkanes) is 2. The first-order valence-electron chi connectivity index (χ1n) is 6.83. The molecule has 0 N–H and O–H groups in total. The maximum Gasteiger partial charge on any atom is 0.289 e. The maximum absolute atomic E-state index is 11.3. The number of hydrogen-bond acceptors (Lipinski definition) is 6. The highest BCUT2D eigenvalue weighted by atomic mass is 16.6. The number of hydrogen-bond donors (Lipinski definition) is 0. The molecule has 0 saturated carbocycles. The van der Waals surface area contributed by atoms with E-state index < -0.39 is 31.8 Å². The van der Waals surface area contributed by atoms with Gasteiger partial charge in [0.25, 0.3) is 17.1 Å². The van der Waals surface area contributed by atoms with E-state index in [1.165, 1.54) is 13.8 Å². The smallest absolute Gasteiger partial charge is 0.258 e. The Morgan fingerprint density at radius 1 is 0.773 bits per heavy atom. The first kappa shape index (κ1) is 17.5. The van der Waals surface area contributed by atoms with Crippen molar-refractivity contribution in [1.82, 2.24) is 0 Å². The van der Waals surface area contributed by atoms with Crippen LogP contribution < -0.4 is 0 Å². The van der Waals surface area contributed by atoms with Gasteiger partial charge in [0.05, 0.1) is 14.8 Å². The number of nitro groups is 3. The van der Waals surface area contributed by atoms with Crippen LogP contribution in [0.2, 0.25) is 0 Å². The van der Waals surface area contributed by atoms with Crippen LogP contribution in [0.3, 0.4) is 0 Å². The van der Waals surface area contributed by atoms with Gasteiger partial charge in [-0.05, 0) is 26.7 Å². The number of nitrogens with zero attached hydrogens (tertiary/aromatic N) is 3. The van der Waals surface area contributed by atoms with E-state index in [1.807, 2.05) is 6.92 Å². The Morgan fingerprint density at radius 3 is 1.50 bits per heavy atom. The van der Waals surface area contributed by atoms with Gasteiger partial charge in [-0.3, -0.25) is 30.3 Å². The highest BCUT2D eigenvalue weighted by Gasteiger charge is 2.37. The monoisotopic (exact) mass is 311 g/mol. The Kier molecular flexibility index (Phi) is 5.50. The Morgan fingerprint density at radius 2 is 1.18 bits per heavy atom. The van der Waals surface area contributed by atoms with Crippen molar-refractivity contribution in [3.63, 3.8) is 0 Å². The molecule has 0 radical (unpaired) electrons. The first-order chi connectivity index (χ1) is 10.2. The molecule has 0 aliphatic rings. The molecular weight excluding hydrogens is 294 g/mol. The predicted octanol–water partition coefficient (Wildman–Crippen LogP) is 3.76. The van der Waals surface area contributed by atoms with Gasteiger partial charge in [0.2, 0.25) is 0 Å². The zero-order valence-corrected chi connectivity index (χ0v) is 12.6. The van der Waals surface area contributed by atoms with E-state index in [4.69, 9.17) is 0 Å². The summed E-state index contributed by atoms with van der Waals surface area (Å²) < 4.78 is 0. The van der Waals surface area contributed by atoms with Crippen LogP contribution in [0, 0.1) is 44.2 Å². The molecule has 1 aromatic carbocycles. The Bertz CT molecular complexity index is 600. The van der Waals surface area contributed by atoms with Crippen LogP contribution >= 0.6 is 0 Å². The molecule has 0 heterocycles. The third-order valence-electron chi connectivity index (χ3n) is 3.57. The zero-order chi connectivity index (χ0) is 17.0. The van der Waals surface area contributed by atoms with E-state index in [2.05, 4.69) is 0 Å². The molecule has 0 aliphatic heterocycles. The molecule has 0 aromatic heterocycles. The standard InChI is InChI=1S/C13H17N3O6/c1-4-5-6-7-10-12(15(19)20)8(2)11(14(17)18)9(3)13(10)16(21)22/h4-7H2,1-3H3. The summed E-state index contributed by atoms with van der Waals surface area (Å²) in [5, 5.41) is 33.7. The fraction of sp³-hybridized carbons (Fsp3) is 0.538. The van der Waals surface area contributed by atoms with Gasteiger partial charge in [-0.25, -0.2) is 0 Å². The lowest BCUT2D eigenvalue weighted by atomic mass is 9.95. The first-order valence-corrected chi connectivity index (χ1v) is 6.83. The minimum atomic E-state index is -0.805. The summed E-state index contributed by atoms with van der Waals surface area (Å²) in [6.45, 7) is 4.46. The Labute approximate surface area is 126 Å². The third kappa shape index (κ3) is 3.18. The summed E-state index contributed by atoms with van der Waals surface area (Å²) >= 11 is 0. The van der Waals surface area contributed by atoms with Crippen LogP contribution in [0.25, 0.3) is 0 Å². The minimum absolute atomic E-state index is 0.0240. The fourth-order valence-corrected chi connectivity index (χ4v) is 2.63. The van der Waals surface area contributed by atoms with E-state index >= 15 is 0 Å². The molecule has 0 unspecified atom stereocenters. The van der Waals surface area contributed by atoms with E-state index in [0.29, 0.717) is 6.42 Å². The van der Waals surface area contributed by atoms with E-state index in [-0.39, 0.29) is 23.1 Å². The second kappa shape index (κ2) is 6.92. The number of nitro benzene ring substituents is 3. The van der Waals surface area contributed by atoms with E-state index in [0.717, 1.165) is 12.8 Å². The van der Waals surface area contributed by atoms with Crippen molar-refractivity contribution in [3.05, 3.63) is 47.0 Å². The molecular formula is C13H17N3O6. The minimum Gasteiger partial charge on any atom is -0.258 e. The highest BCUT2D eigenvalue weighted by Crippen LogP contribution is 2.42. The van der Waals surface area contributed by atoms with Crippen LogP contribution in [0.1, 0.15) is 42.9 Å². The molecule has 22 heavy (non-hydrogen) atoms. The van der Waals surface area contributed by atoms with Gasteiger partial charge < -0.3 is 0 Å². The molecule has 9 heteroatoms. The molecule has 0 amide bonds. The van der Waals surface area contributed by atoms with Crippen LogP contribution in [0.5, 0.6) is 0 Å². The summed E-state index contributed by atoms with van der Waals surface area (Å²) in [6.07, 6.45) is 2.32. The summed E-state index contributed by atoms with van der Waals surface area (Å²) in [6, 6.07) is 0. The van der Waals surface area contributed by atoms with Gasteiger partial charge in [0, 0.05) is 0 Å². The quantitative estimate of drug-likeness (QED) is 0.428. The average Bonchev–Trinajstić information content (AvgIpc) is 2.37. The number of rotatable bonds is 7. The lowest BCUT2D eigenvalue weighted by molar-refractivity contribution is -0.405. The summed E-state index contributed by atoms with van der Waals surface area (Å²) in [7, 11) is 0. The average molecular weight is 311 g/mol. The van der Waals surface area contributed by atoms with Crippen LogP contribution in [0.15, 0.2) is 0 Å². The van der Waals surface area contributed by atoms with Gasteiger partial charge in [0.15, 0.2) is 0 Å². The highest BCUT2D eigenvalue weighted by molar-refractivity contribution is 5.71. The Balaban J connectivity index is 3.73. The molecule has 9 nitrogen and oxygen atoms in total. The topological polar surface area (TPSA) is 129 Å². The van der Waals surface area contributed by atoms with Gasteiger partial charge >= 0.3 is 0 Å². The molecule has 0 bridgehead atoms. The lowest BCUT2D eigenvalue weighted by Crippen LogP contribution is -2.09. The van der Waals surface area contributed by atoms with Crippen LogP contribution in [-0.2, 0) is 6.42 Å². The summed E-state index contributed by atoms with van der Waals surface area (Å²) in [5.41, 5.74) is -1.88. The SMILES string of the molecule is CCCCCc1c([N+](=O)[O-])c(C)c([N+](=O)[O-])c(C)c1[N+](=O)[O-]. The Hall–Kier alpha value is -2.58. The van der Waals surface area contributed by atoms with Crippen molar-refractivity contribution in [2.45, 2.75) is 46.5 Å². The van der Waals surface area contributed by atoms with Crippen molar-refractivity contribution < 1.29 is 14.8 Å². The van der Waals surface area contributed by atoms with E-state index in [1.54, 1.807) is 0 Å². The van der Waals surface area contributed by atoms with Crippen molar-refractivity contribution >= 4 is 17.1 Å². The summed E-state index contributed by atoms with van der Waals surface area (Å²) in [4.78, 5) is 31.4. The summed E-state index contributed by atoms with van der Waals surface area (Å²) in [5.74, 6) is 0. The van der Waals surface area contributed by atoms with Crippen molar-refractivity contribution in [2.75, 3.05) is 0 Å². The molecule has 0 saturated heterocycles. The van der Waals surface area contributed by atoms with Gasteiger partial charge in [-0.15, -0.1) is 0 Å². The largest absolute Gasteiger partial charge is 0.289 e. The van der Waals surface area contributed by atoms with Crippen molar-refractivity contribution in [1.29, 1.82) is 0 Å². The number of benzene rings is 1. The second-order valence-corrected chi connectivity index (χ2v) is 5.00. The molecule has 0 fully saturated rings. The zero-order valence-electron chi connectivity index (χ0n) is 12.6. The van der Waals surface area contributed by atoms with Gasteiger partial charge in [-0.1, -0.05) is 19.8 Å². The molecule has 1 rings (SSSR count). The molecule has 0 atom stereocenters. The fourth-order valence-electron chi connectivity index (χ4n) is 2.63. The maximum atomic E-state index is 11.3. The predicted molar refractivity (Wildman–Crippen MR) is 79.1 cm³/mol. The molecule has 120 valence electrons. The van der Waals surface area contributed by atoms with Gasteiger partial charge in [0.1, 0.15) is 16.7 Å². The van der Waals surface area contributed by atoms with Crippen molar-refractivity contribution in [3.8, 4) is 0 Å². The van der Waals surface area contributed by atoms with Crippen molar-refractivity contribution in [2.24, 2.45) is 0 Å². The van der Waals surface area contributed by atoms with Crippen LogP contribution in [0.4, 0.5) is 17.1 Å². The van der Waals surface area contributed by atoms with Crippen LogP contribution in [-0.4, -0.2) is 14.8 Å². The van der Waals surface area contributed by atoms with E-state index in [9.17, 15) is 30.3 Å². The molecule has 0 aliphatic carbocycles.